The van der Waals surface area contributed by atoms with Crippen LogP contribution in [0.5, 0.6) is 0 Å². The highest BCUT2D eigenvalue weighted by atomic mass is 35.5. The van der Waals surface area contributed by atoms with Crippen LogP contribution >= 0.6 is 23.2 Å². The van der Waals surface area contributed by atoms with Crippen LogP contribution in [0.1, 0.15) is 37.2 Å². The molecule has 0 saturated carbocycles. The van der Waals surface area contributed by atoms with Crippen molar-refractivity contribution in [3.8, 4) is 0 Å². The Balaban J connectivity index is 1.45. The number of ether oxygens (including phenoxy) is 1. The molecular formula is C25H28Cl2F3N3O4. The predicted octanol–water partition coefficient (Wildman–Crippen LogP) is 4.88. The first kappa shape index (κ1) is 27.6. The minimum atomic E-state index is -4.44. The maximum Gasteiger partial charge on any atom is 0.409 e. The van der Waals surface area contributed by atoms with Crippen LogP contribution < -0.4 is 0 Å². The molecule has 1 aromatic carbocycles. The van der Waals surface area contributed by atoms with Crippen molar-refractivity contribution in [3.63, 3.8) is 0 Å². The number of amides is 3. The van der Waals surface area contributed by atoms with Crippen molar-refractivity contribution in [2.75, 3.05) is 39.8 Å². The number of likely N-dealkylation sites (tertiary alicyclic amines) is 2. The number of carbonyl (C=O) groups excluding carboxylic acids is 3. The fourth-order valence-electron chi connectivity index (χ4n) is 4.94. The van der Waals surface area contributed by atoms with Gasteiger partial charge in [0.05, 0.1) is 22.5 Å². The Hall–Kier alpha value is -2.46. The molecule has 3 amide bonds. The van der Waals surface area contributed by atoms with Gasteiger partial charge in [-0.15, -0.1) is 0 Å². The van der Waals surface area contributed by atoms with Gasteiger partial charge >= 0.3 is 12.3 Å². The summed E-state index contributed by atoms with van der Waals surface area (Å²) < 4.78 is 42.3. The monoisotopic (exact) mass is 561 g/mol. The smallest absolute Gasteiger partial charge is 0.409 e. The lowest BCUT2D eigenvalue weighted by Gasteiger charge is -2.33. The average molecular weight is 562 g/mol. The van der Waals surface area contributed by atoms with Gasteiger partial charge in [0.1, 0.15) is 6.61 Å². The van der Waals surface area contributed by atoms with Crippen molar-refractivity contribution in [2.24, 2.45) is 5.92 Å². The molecule has 1 aliphatic carbocycles. The van der Waals surface area contributed by atoms with Gasteiger partial charge in [0.25, 0.3) is 0 Å². The lowest BCUT2D eigenvalue weighted by atomic mass is 9.93. The summed E-state index contributed by atoms with van der Waals surface area (Å²) in [7, 11) is 1.45. The lowest BCUT2D eigenvalue weighted by Crippen LogP contribution is -2.45. The van der Waals surface area contributed by atoms with E-state index in [2.05, 4.69) is 0 Å². The molecule has 0 bridgehead atoms. The van der Waals surface area contributed by atoms with E-state index in [1.165, 1.54) is 11.9 Å². The maximum atomic E-state index is 13.4. The van der Waals surface area contributed by atoms with E-state index in [0.717, 1.165) is 17.6 Å². The average Bonchev–Trinajstić information content (AvgIpc) is 3.62. The summed E-state index contributed by atoms with van der Waals surface area (Å²) in [5.74, 6) is -0.626. The number of hydrogen-bond donors (Lipinski definition) is 0. The number of hydrogen-bond acceptors (Lipinski definition) is 4. The van der Waals surface area contributed by atoms with Gasteiger partial charge in [-0.3, -0.25) is 9.59 Å². The summed E-state index contributed by atoms with van der Waals surface area (Å²) in [4.78, 5) is 43.0. The van der Waals surface area contributed by atoms with Gasteiger partial charge in [0.2, 0.25) is 11.8 Å². The molecule has 2 atom stereocenters. The van der Waals surface area contributed by atoms with Crippen LogP contribution in [0.3, 0.4) is 0 Å². The van der Waals surface area contributed by atoms with E-state index in [-0.39, 0.29) is 30.2 Å². The fraction of sp³-hybridized carbons (Fsp3) is 0.560. The van der Waals surface area contributed by atoms with Gasteiger partial charge in [-0.25, -0.2) is 4.79 Å². The third-order valence-electron chi connectivity index (χ3n) is 7.18. The van der Waals surface area contributed by atoms with Gasteiger partial charge < -0.3 is 19.4 Å². The molecule has 2 saturated heterocycles. The van der Waals surface area contributed by atoms with Gasteiger partial charge in [-0.05, 0) is 37.0 Å². The molecule has 2 heterocycles. The third kappa shape index (κ3) is 6.71. The van der Waals surface area contributed by atoms with Crippen LogP contribution in [-0.2, 0) is 14.3 Å². The molecule has 3 aliphatic rings. The SMILES string of the molecule is CN(C(=O)OCCC(F)(F)F)[C@@H]1CN(C(=O)C2CCN(C(=O)C3=CC3)CC2)C[C@H]1c1ccc(Cl)c(Cl)c1. The van der Waals surface area contributed by atoms with Crippen LogP contribution in [0, 0.1) is 5.92 Å². The van der Waals surface area contributed by atoms with E-state index in [9.17, 15) is 27.6 Å². The second-order valence-electron chi connectivity index (χ2n) is 9.68. The highest BCUT2D eigenvalue weighted by molar-refractivity contribution is 6.42. The molecule has 4 rings (SSSR count). The number of alkyl halides is 3. The van der Waals surface area contributed by atoms with Crippen molar-refractivity contribution in [3.05, 3.63) is 45.5 Å². The topological polar surface area (TPSA) is 70.2 Å². The quantitative estimate of drug-likeness (QED) is 0.496. The molecule has 12 heteroatoms. The summed E-state index contributed by atoms with van der Waals surface area (Å²) >= 11 is 12.3. The van der Waals surface area contributed by atoms with Gasteiger partial charge in [-0.2, -0.15) is 13.2 Å². The number of rotatable bonds is 6. The molecule has 7 nitrogen and oxygen atoms in total. The van der Waals surface area contributed by atoms with E-state index < -0.39 is 31.3 Å². The summed E-state index contributed by atoms with van der Waals surface area (Å²) in [5.41, 5.74) is 1.57. The predicted molar refractivity (Wildman–Crippen MR) is 131 cm³/mol. The molecule has 2 aliphatic heterocycles. The highest BCUT2D eigenvalue weighted by Crippen LogP contribution is 2.36. The first-order chi connectivity index (χ1) is 17.4. The van der Waals surface area contributed by atoms with Gasteiger partial charge in [0.15, 0.2) is 0 Å². The fourth-order valence-corrected chi connectivity index (χ4v) is 5.24. The summed E-state index contributed by atoms with van der Waals surface area (Å²) in [6.07, 6.45) is -2.86. The number of nitrogens with zero attached hydrogens (tertiary/aromatic N) is 3. The zero-order valence-corrected chi connectivity index (χ0v) is 21.8. The molecule has 0 radical (unpaired) electrons. The Morgan fingerprint density at radius 3 is 2.35 bits per heavy atom. The van der Waals surface area contributed by atoms with Crippen molar-refractivity contribution in [2.45, 2.75) is 43.8 Å². The highest BCUT2D eigenvalue weighted by Gasteiger charge is 2.43. The summed E-state index contributed by atoms with van der Waals surface area (Å²) in [5, 5.41) is 0.678. The molecule has 0 spiro atoms. The number of piperidine rings is 1. The second kappa shape index (κ2) is 11.1. The Morgan fingerprint density at radius 2 is 1.76 bits per heavy atom. The number of carbonyl (C=O) groups is 3. The Kier molecular flexibility index (Phi) is 8.28. The second-order valence-corrected chi connectivity index (χ2v) is 10.5. The molecule has 37 heavy (non-hydrogen) atoms. The number of allylic oxidation sites excluding steroid dienone is 1. The standard InChI is InChI=1S/C25H28Cl2F3N3O4/c1-31(24(36)37-11-8-25(28,29)30)21-14-33(13-18(21)17-4-5-19(26)20(27)12-17)23(35)16-6-9-32(10-7-16)22(34)15-2-3-15/h2,4-5,12,16,18,21H,3,6-11,13-14H2,1H3/t18-,21+/m0/s1. The van der Waals surface area contributed by atoms with Crippen LogP contribution in [0.25, 0.3) is 0 Å². The van der Waals surface area contributed by atoms with Crippen molar-refractivity contribution < 1.29 is 32.3 Å². The molecule has 0 N–H and O–H groups in total. The zero-order valence-electron chi connectivity index (χ0n) is 20.3. The normalized spacial score (nSPS) is 22.1. The molecule has 0 aromatic heterocycles. The molecular weight excluding hydrogens is 534 g/mol. The van der Waals surface area contributed by atoms with Crippen LogP contribution in [0.4, 0.5) is 18.0 Å². The largest absolute Gasteiger partial charge is 0.449 e. The first-order valence-corrected chi connectivity index (χ1v) is 12.9. The molecule has 0 unspecified atom stereocenters. The zero-order chi connectivity index (χ0) is 26.9. The molecule has 1 aromatic rings. The van der Waals surface area contributed by atoms with E-state index in [1.807, 2.05) is 6.08 Å². The Labute approximate surface area is 223 Å². The van der Waals surface area contributed by atoms with Crippen molar-refractivity contribution in [1.29, 1.82) is 0 Å². The maximum absolute atomic E-state index is 13.4. The van der Waals surface area contributed by atoms with Crippen molar-refractivity contribution >= 4 is 41.1 Å². The van der Waals surface area contributed by atoms with Crippen molar-refractivity contribution in [1.82, 2.24) is 14.7 Å². The summed E-state index contributed by atoms with van der Waals surface area (Å²) in [6.45, 7) is 0.721. The van der Waals surface area contributed by atoms with Crippen LogP contribution in [0.15, 0.2) is 29.8 Å². The number of halogens is 5. The Bertz CT molecular complexity index is 1090. The summed E-state index contributed by atoms with van der Waals surface area (Å²) in [6, 6.07) is 4.53. The molecule has 202 valence electrons. The minimum Gasteiger partial charge on any atom is -0.449 e. The Morgan fingerprint density at radius 1 is 1.08 bits per heavy atom. The number of likely N-dealkylation sites (N-methyl/N-ethyl adjacent to an activating group) is 1. The lowest BCUT2D eigenvalue weighted by molar-refractivity contribution is -0.142. The number of benzene rings is 1. The minimum absolute atomic E-state index is 0.0393. The van der Waals surface area contributed by atoms with E-state index in [0.29, 0.717) is 42.5 Å². The van der Waals surface area contributed by atoms with E-state index in [1.54, 1.807) is 28.0 Å². The van der Waals surface area contributed by atoms with E-state index in [4.69, 9.17) is 27.9 Å². The third-order valence-corrected chi connectivity index (χ3v) is 7.92. The van der Waals surface area contributed by atoms with E-state index >= 15 is 0 Å². The van der Waals surface area contributed by atoms with Gasteiger partial charge in [0, 0.05) is 50.6 Å². The van der Waals surface area contributed by atoms with Crippen LogP contribution in [0.2, 0.25) is 10.0 Å². The molecule has 2 fully saturated rings. The van der Waals surface area contributed by atoms with Gasteiger partial charge in [-0.1, -0.05) is 35.3 Å². The van der Waals surface area contributed by atoms with Crippen LogP contribution in [-0.4, -0.2) is 84.7 Å². The first-order valence-electron chi connectivity index (χ1n) is 12.1.